The summed E-state index contributed by atoms with van der Waals surface area (Å²) < 4.78 is 0. The minimum absolute atomic E-state index is 0.0444. The molecular formula is C30H43N5O6. The Kier molecular flexibility index (Phi) is 11.0. The van der Waals surface area contributed by atoms with Crippen molar-refractivity contribution in [1.29, 1.82) is 0 Å². The lowest BCUT2D eigenvalue weighted by atomic mass is 9.85. The van der Waals surface area contributed by atoms with Gasteiger partial charge in [-0.3, -0.25) is 24.0 Å². The Balaban J connectivity index is 2.32. The third kappa shape index (κ3) is 8.25. The van der Waals surface area contributed by atoms with E-state index < -0.39 is 59.6 Å². The Labute approximate surface area is 241 Å². The molecule has 1 fully saturated rings. The number of ketones is 2. The number of carbonyl (C=O) groups excluding carboxylic acids is 6. The molecule has 1 aliphatic heterocycles. The van der Waals surface area contributed by atoms with Crippen molar-refractivity contribution < 1.29 is 28.8 Å². The van der Waals surface area contributed by atoms with Crippen molar-refractivity contribution in [2.45, 2.75) is 66.6 Å². The van der Waals surface area contributed by atoms with Crippen molar-refractivity contribution in [1.82, 2.24) is 20.9 Å². The molecule has 11 heteroatoms. The highest BCUT2D eigenvalue weighted by atomic mass is 16.2. The highest BCUT2D eigenvalue weighted by Crippen LogP contribution is 2.35. The van der Waals surface area contributed by atoms with E-state index in [1.165, 1.54) is 4.90 Å². The van der Waals surface area contributed by atoms with E-state index in [-0.39, 0.29) is 30.1 Å². The molecule has 0 unspecified atom stereocenters. The van der Waals surface area contributed by atoms with Gasteiger partial charge in [0.25, 0.3) is 5.91 Å². The third-order valence-electron chi connectivity index (χ3n) is 7.25. The summed E-state index contributed by atoms with van der Waals surface area (Å²) in [6.45, 7) is 16.5. The van der Waals surface area contributed by atoms with Gasteiger partial charge in [0.15, 0.2) is 5.78 Å². The maximum atomic E-state index is 14.0. The molecule has 1 aliphatic rings. The quantitative estimate of drug-likeness (QED) is 0.180. The number of benzene rings is 1. The molecular weight excluding hydrogens is 526 g/mol. The van der Waals surface area contributed by atoms with Crippen LogP contribution in [0, 0.1) is 23.2 Å². The Morgan fingerprint density at radius 3 is 2.07 bits per heavy atom. The van der Waals surface area contributed by atoms with E-state index in [2.05, 4.69) is 22.5 Å². The summed E-state index contributed by atoms with van der Waals surface area (Å²) in [5, 5.41) is 7.85. The summed E-state index contributed by atoms with van der Waals surface area (Å²) in [6.07, 6.45) is 0. The van der Waals surface area contributed by atoms with Crippen LogP contribution in [0.5, 0.6) is 0 Å². The van der Waals surface area contributed by atoms with Crippen molar-refractivity contribution in [2.24, 2.45) is 28.9 Å². The van der Waals surface area contributed by atoms with Gasteiger partial charge in [-0.15, -0.1) is 0 Å². The molecule has 1 aromatic carbocycles. The van der Waals surface area contributed by atoms with Crippen LogP contribution in [0.3, 0.4) is 0 Å². The summed E-state index contributed by atoms with van der Waals surface area (Å²) in [4.78, 5) is 77.8. The summed E-state index contributed by atoms with van der Waals surface area (Å²) in [6, 6.07) is 4.88. The lowest BCUT2D eigenvalue weighted by molar-refractivity contribution is -0.141. The second-order valence-corrected chi connectivity index (χ2v) is 12.2. The van der Waals surface area contributed by atoms with E-state index in [9.17, 15) is 28.8 Å². The number of amides is 5. The summed E-state index contributed by atoms with van der Waals surface area (Å²) >= 11 is 0. The average molecular weight is 570 g/mol. The number of carbonyl (C=O) groups is 6. The zero-order valence-corrected chi connectivity index (χ0v) is 24.9. The van der Waals surface area contributed by atoms with Gasteiger partial charge in [-0.2, -0.15) is 0 Å². The van der Waals surface area contributed by atoms with E-state index in [1.807, 2.05) is 27.7 Å². The van der Waals surface area contributed by atoms with Crippen LogP contribution in [0.2, 0.25) is 0 Å². The van der Waals surface area contributed by atoms with E-state index >= 15 is 0 Å². The number of primary amides is 1. The van der Waals surface area contributed by atoms with Gasteiger partial charge in [0.1, 0.15) is 12.1 Å². The second-order valence-electron chi connectivity index (χ2n) is 12.2. The summed E-state index contributed by atoms with van der Waals surface area (Å²) in [5.41, 5.74) is 5.14. The van der Waals surface area contributed by atoms with Gasteiger partial charge >= 0.3 is 6.03 Å². The summed E-state index contributed by atoms with van der Waals surface area (Å²) in [7, 11) is 0. The third-order valence-corrected chi connectivity index (χ3v) is 7.25. The fourth-order valence-corrected chi connectivity index (χ4v) is 4.80. The summed E-state index contributed by atoms with van der Waals surface area (Å²) in [5.74, 6) is -4.02. The first kappa shape index (κ1) is 33.2. The lowest BCUT2D eigenvalue weighted by Crippen LogP contribution is -2.60. The molecule has 4 atom stereocenters. The molecule has 0 aromatic heterocycles. The number of nitrogens with two attached hydrogens (primary N) is 1. The predicted octanol–water partition coefficient (Wildman–Crippen LogP) is 1.82. The SMILES string of the molecule is C=C1[C@@H](C(=O)NCC(=O)C(N)=O)N(C(=O)[C@@H](NC(=O)N[C@H](C(=O)c2ccccc2)C(C)C)C(C)(C)C)C[C@@H]1C(C)C. The van der Waals surface area contributed by atoms with Crippen molar-refractivity contribution >= 4 is 35.3 Å². The number of rotatable bonds is 11. The predicted molar refractivity (Wildman–Crippen MR) is 154 cm³/mol. The molecule has 224 valence electrons. The number of nitrogens with one attached hydrogen (secondary N) is 3. The Morgan fingerprint density at radius 2 is 1.59 bits per heavy atom. The van der Waals surface area contributed by atoms with Crippen LogP contribution in [0.1, 0.15) is 58.8 Å². The van der Waals surface area contributed by atoms with Crippen LogP contribution < -0.4 is 21.7 Å². The molecule has 0 bridgehead atoms. The molecule has 1 saturated heterocycles. The number of Topliss-reactive ketones (excluding diaryl/α,β-unsaturated/α-hetero) is 2. The number of nitrogens with zero attached hydrogens (tertiary/aromatic N) is 1. The highest BCUT2D eigenvalue weighted by Gasteiger charge is 2.47. The van der Waals surface area contributed by atoms with Gasteiger partial charge in [-0.25, -0.2) is 4.79 Å². The normalized spacial score (nSPS) is 18.6. The molecule has 5 N–H and O–H groups in total. The van der Waals surface area contributed by atoms with Crippen LogP contribution >= 0.6 is 0 Å². The van der Waals surface area contributed by atoms with Crippen LogP contribution in [-0.4, -0.2) is 71.4 Å². The van der Waals surface area contributed by atoms with Crippen molar-refractivity contribution in [2.75, 3.05) is 13.1 Å². The highest BCUT2D eigenvalue weighted by molar-refractivity contribution is 6.36. The zero-order chi connectivity index (χ0) is 31.2. The van der Waals surface area contributed by atoms with Gasteiger partial charge in [0.2, 0.25) is 17.6 Å². The average Bonchev–Trinajstić information content (AvgIpc) is 3.25. The van der Waals surface area contributed by atoms with Gasteiger partial charge < -0.3 is 26.6 Å². The molecule has 0 radical (unpaired) electrons. The van der Waals surface area contributed by atoms with Gasteiger partial charge in [-0.05, 0) is 22.8 Å². The minimum Gasteiger partial charge on any atom is -0.363 e. The van der Waals surface area contributed by atoms with Crippen molar-refractivity contribution in [3.63, 3.8) is 0 Å². The monoisotopic (exact) mass is 569 g/mol. The van der Waals surface area contributed by atoms with Crippen molar-refractivity contribution in [3.8, 4) is 0 Å². The Morgan fingerprint density at radius 1 is 1.00 bits per heavy atom. The van der Waals surface area contributed by atoms with E-state index in [4.69, 9.17) is 5.73 Å². The Hall–Kier alpha value is -4.02. The van der Waals surface area contributed by atoms with Crippen molar-refractivity contribution in [3.05, 3.63) is 48.0 Å². The van der Waals surface area contributed by atoms with E-state index in [0.29, 0.717) is 11.1 Å². The van der Waals surface area contributed by atoms with Gasteiger partial charge in [0.05, 0.1) is 12.6 Å². The zero-order valence-electron chi connectivity index (χ0n) is 24.9. The Bertz CT molecular complexity index is 1190. The molecule has 2 rings (SSSR count). The molecule has 0 aliphatic carbocycles. The van der Waals surface area contributed by atoms with Crippen LogP contribution in [-0.2, 0) is 19.2 Å². The van der Waals surface area contributed by atoms with Gasteiger partial charge in [-0.1, -0.05) is 85.4 Å². The molecule has 41 heavy (non-hydrogen) atoms. The molecule has 1 aromatic rings. The smallest absolute Gasteiger partial charge is 0.316 e. The van der Waals surface area contributed by atoms with Crippen LogP contribution in [0.4, 0.5) is 4.79 Å². The fourth-order valence-electron chi connectivity index (χ4n) is 4.80. The molecule has 1 heterocycles. The van der Waals surface area contributed by atoms with Crippen LogP contribution in [0.15, 0.2) is 42.5 Å². The minimum atomic E-state index is -1.18. The maximum Gasteiger partial charge on any atom is 0.316 e. The lowest BCUT2D eigenvalue weighted by Gasteiger charge is -2.36. The number of hydrogen-bond donors (Lipinski definition) is 4. The molecule has 0 saturated carbocycles. The number of likely N-dealkylation sites (tertiary alicyclic amines) is 1. The second kappa shape index (κ2) is 13.6. The van der Waals surface area contributed by atoms with Crippen LogP contribution in [0.25, 0.3) is 0 Å². The standard InChI is InChI=1S/C30H43N5O6/c1-16(2)20-15-35(23(18(20)5)27(39)32-14-21(36)26(31)38)28(40)25(30(6,7)8)34-29(41)33-22(17(3)4)24(37)19-12-10-9-11-13-19/h9-13,16-17,20,22-23,25H,5,14-15H2,1-4,6-8H3,(H2,31,38)(H,32,39)(H2,33,34,41)/t20-,22+,23+,25-/m1/s1. The number of urea groups is 1. The fraction of sp³-hybridized carbons (Fsp3) is 0.533. The molecule has 0 spiro atoms. The molecule has 5 amide bonds. The first-order chi connectivity index (χ1) is 19.0. The first-order valence-electron chi connectivity index (χ1n) is 13.7. The van der Waals surface area contributed by atoms with E-state index in [0.717, 1.165) is 0 Å². The molecule has 11 nitrogen and oxygen atoms in total. The number of hydrogen-bond acceptors (Lipinski definition) is 6. The van der Waals surface area contributed by atoms with Gasteiger partial charge in [0, 0.05) is 18.0 Å². The first-order valence-corrected chi connectivity index (χ1v) is 13.7. The maximum absolute atomic E-state index is 14.0. The topological polar surface area (TPSA) is 168 Å². The van der Waals surface area contributed by atoms with E-state index in [1.54, 1.807) is 51.1 Å². The largest absolute Gasteiger partial charge is 0.363 e.